The molecule has 25 heavy (non-hydrogen) atoms. The maximum absolute atomic E-state index is 5.43. The summed E-state index contributed by atoms with van der Waals surface area (Å²) in [6, 6.07) is 7.67. The maximum Gasteiger partial charge on any atom is 0.241 e. The molecule has 0 spiro atoms. The third kappa shape index (κ3) is 3.64. The zero-order valence-corrected chi connectivity index (χ0v) is 14.8. The second-order valence-corrected chi connectivity index (χ2v) is 6.69. The molecular formula is C17H19N5O2S. The smallest absolute Gasteiger partial charge is 0.241 e. The molecule has 0 N–H and O–H groups in total. The van der Waals surface area contributed by atoms with E-state index in [-0.39, 0.29) is 0 Å². The molecule has 1 aromatic carbocycles. The van der Waals surface area contributed by atoms with E-state index < -0.39 is 0 Å². The molecule has 1 fully saturated rings. The summed E-state index contributed by atoms with van der Waals surface area (Å²) in [5, 5.41) is 7.21. The lowest BCUT2D eigenvalue weighted by atomic mass is 10.2. The predicted octanol–water partition coefficient (Wildman–Crippen LogP) is 2.52. The van der Waals surface area contributed by atoms with Gasteiger partial charge in [0.05, 0.1) is 13.7 Å². The minimum atomic E-state index is 0.593. The lowest BCUT2D eigenvalue weighted by molar-refractivity contribution is 0.215. The van der Waals surface area contributed by atoms with Crippen LogP contribution in [-0.2, 0) is 6.54 Å². The van der Waals surface area contributed by atoms with Crippen LogP contribution in [0.3, 0.4) is 0 Å². The molecule has 4 rings (SSSR count). The average Bonchev–Trinajstić information content (AvgIpc) is 3.34. The molecule has 0 aliphatic carbocycles. The molecule has 3 heterocycles. The van der Waals surface area contributed by atoms with Crippen LogP contribution in [-0.4, -0.2) is 53.3 Å². The Hall–Kier alpha value is -2.45. The van der Waals surface area contributed by atoms with Crippen LogP contribution in [0.1, 0.15) is 5.89 Å². The van der Waals surface area contributed by atoms with Gasteiger partial charge in [-0.3, -0.25) is 4.90 Å². The standard InChI is InChI=1S/C17H19N5O2S/c1-23-14-4-2-3-13(11-14)16-19-15(24-20-16)12-21-6-8-22(9-7-21)17-18-5-10-25-17/h2-5,10-11H,6-9,12H2,1H3. The van der Waals surface area contributed by atoms with Crippen LogP contribution < -0.4 is 9.64 Å². The Labute approximate surface area is 149 Å². The monoisotopic (exact) mass is 357 g/mol. The fourth-order valence-electron chi connectivity index (χ4n) is 2.86. The summed E-state index contributed by atoms with van der Waals surface area (Å²) >= 11 is 1.68. The van der Waals surface area contributed by atoms with Crippen molar-refractivity contribution in [3.8, 4) is 17.1 Å². The van der Waals surface area contributed by atoms with Gasteiger partial charge in [0, 0.05) is 43.3 Å². The van der Waals surface area contributed by atoms with Gasteiger partial charge >= 0.3 is 0 Å². The van der Waals surface area contributed by atoms with Crippen molar-refractivity contribution >= 4 is 16.5 Å². The highest BCUT2D eigenvalue weighted by Gasteiger charge is 2.20. The van der Waals surface area contributed by atoms with Crippen LogP contribution in [0, 0.1) is 0 Å². The van der Waals surface area contributed by atoms with Gasteiger partial charge in [0.15, 0.2) is 5.13 Å². The van der Waals surface area contributed by atoms with E-state index in [1.165, 1.54) is 0 Å². The number of piperazine rings is 1. The second kappa shape index (κ2) is 7.20. The Morgan fingerprint density at radius 2 is 2.12 bits per heavy atom. The number of ether oxygens (including phenoxy) is 1. The zero-order chi connectivity index (χ0) is 17.1. The number of hydrogen-bond donors (Lipinski definition) is 0. The van der Waals surface area contributed by atoms with E-state index in [1.807, 2.05) is 35.8 Å². The van der Waals surface area contributed by atoms with Crippen LogP contribution in [0.25, 0.3) is 11.4 Å². The Kier molecular flexibility index (Phi) is 4.62. The average molecular weight is 357 g/mol. The Bertz CT molecular complexity index is 812. The maximum atomic E-state index is 5.43. The Balaban J connectivity index is 1.37. The number of thiazole rings is 1. The SMILES string of the molecule is COc1cccc(-c2noc(CN3CCN(c4nccs4)CC3)n2)c1. The molecule has 8 heteroatoms. The summed E-state index contributed by atoms with van der Waals surface area (Å²) in [5.74, 6) is 2.01. The fourth-order valence-corrected chi connectivity index (χ4v) is 3.56. The molecule has 130 valence electrons. The van der Waals surface area contributed by atoms with Crippen molar-refractivity contribution in [3.05, 3.63) is 41.7 Å². The molecule has 1 aliphatic heterocycles. The van der Waals surface area contributed by atoms with Crippen LogP contribution >= 0.6 is 11.3 Å². The van der Waals surface area contributed by atoms with Crippen molar-refractivity contribution in [2.45, 2.75) is 6.54 Å². The first-order chi connectivity index (χ1) is 12.3. The first-order valence-corrected chi connectivity index (χ1v) is 9.03. The molecule has 0 unspecified atom stereocenters. The molecule has 0 amide bonds. The molecule has 0 saturated carbocycles. The van der Waals surface area contributed by atoms with Gasteiger partial charge in [0.1, 0.15) is 5.75 Å². The van der Waals surface area contributed by atoms with E-state index in [1.54, 1.807) is 18.4 Å². The Morgan fingerprint density at radius 1 is 1.24 bits per heavy atom. The highest BCUT2D eigenvalue weighted by molar-refractivity contribution is 7.13. The number of methoxy groups -OCH3 is 1. The van der Waals surface area contributed by atoms with Crippen LogP contribution in [0.5, 0.6) is 5.75 Å². The molecular weight excluding hydrogens is 338 g/mol. The van der Waals surface area contributed by atoms with Gasteiger partial charge in [0.2, 0.25) is 11.7 Å². The van der Waals surface area contributed by atoms with Crippen molar-refractivity contribution in [3.63, 3.8) is 0 Å². The minimum Gasteiger partial charge on any atom is -0.497 e. The lowest BCUT2D eigenvalue weighted by Crippen LogP contribution is -2.46. The Morgan fingerprint density at radius 3 is 2.88 bits per heavy atom. The number of anilines is 1. The van der Waals surface area contributed by atoms with E-state index in [0.29, 0.717) is 18.3 Å². The van der Waals surface area contributed by atoms with Gasteiger partial charge in [-0.25, -0.2) is 4.98 Å². The molecule has 2 aromatic heterocycles. The van der Waals surface area contributed by atoms with Crippen LogP contribution in [0.15, 0.2) is 40.4 Å². The van der Waals surface area contributed by atoms with Gasteiger partial charge in [0.25, 0.3) is 0 Å². The lowest BCUT2D eigenvalue weighted by Gasteiger charge is -2.33. The van der Waals surface area contributed by atoms with Crippen molar-refractivity contribution in [2.24, 2.45) is 0 Å². The van der Waals surface area contributed by atoms with Gasteiger partial charge in [-0.15, -0.1) is 11.3 Å². The number of hydrogen-bond acceptors (Lipinski definition) is 8. The molecule has 0 radical (unpaired) electrons. The van der Waals surface area contributed by atoms with Crippen molar-refractivity contribution in [1.29, 1.82) is 0 Å². The van der Waals surface area contributed by atoms with Crippen molar-refractivity contribution < 1.29 is 9.26 Å². The minimum absolute atomic E-state index is 0.593. The summed E-state index contributed by atoms with van der Waals surface area (Å²) in [5.41, 5.74) is 0.892. The highest BCUT2D eigenvalue weighted by Crippen LogP contribution is 2.22. The molecule has 1 saturated heterocycles. The van der Waals surface area contributed by atoms with E-state index in [0.717, 1.165) is 42.6 Å². The molecule has 0 atom stereocenters. The summed E-state index contributed by atoms with van der Waals surface area (Å²) in [7, 11) is 1.64. The first kappa shape index (κ1) is 16.0. The summed E-state index contributed by atoms with van der Waals surface area (Å²) in [6.07, 6.45) is 1.85. The number of aromatic nitrogens is 3. The molecule has 1 aliphatic rings. The molecule has 3 aromatic rings. The van der Waals surface area contributed by atoms with Crippen molar-refractivity contribution in [1.82, 2.24) is 20.0 Å². The summed E-state index contributed by atoms with van der Waals surface area (Å²) in [6.45, 7) is 4.50. The van der Waals surface area contributed by atoms with Crippen LogP contribution in [0.4, 0.5) is 5.13 Å². The zero-order valence-electron chi connectivity index (χ0n) is 14.0. The predicted molar refractivity (Wildman–Crippen MR) is 95.9 cm³/mol. The van der Waals surface area contributed by atoms with E-state index >= 15 is 0 Å². The largest absolute Gasteiger partial charge is 0.497 e. The molecule has 0 bridgehead atoms. The van der Waals surface area contributed by atoms with Gasteiger partial charge in [-0.2, -0.15) is 4.98 Å². The van der Waals surface area contributed by atoms with Gasteiger partial charge in [-0.05, 0) is 12.1 Å². The number of rotatable bonds is 5. The second-order valence-electron chi connectivity index (χ2n) is 5.82. The number of nitrogens with zero attached hydrogens (tertiary/aromatic N) is 5. The third-order valence-electron chi connectivity index (χ3n) is 4.22. The quantitative estimate of drug-likeness (QED) is 0.695. The van der Waals surface area contributed by atoms with E-state index in [4.69, 9.17) is 9.26 Å². The fraction of sp³-hybridized carbons (Fsp3) is 0.353. The van der Waals surface area contributed by atoms with E-state index in [9.17, 15) is 0 Å². The third-order valence-corrected chi connectivity index (χ3v) is 5.05. The van der Waals surface area contributed by atoms with E-state index in [2.05, 4.69) is 24.9 Å². The normalized spacial score (nSPS) is 15.5. The number of benzene rings is 1. The summed E-state index contributed by atoms with van der Waals surface area (Å²) in [4.78, 5) is 13.5. The van der Waals surface area contributed by atoms with Crippen molar-refractivity contribution in [2.75, 3.05) is 38.2 Å². The van der Waals surface area contributed by atoms with Gasteiger partial charge < -0.3 is 14.2 Å². The first-order valence-electron chi connectivity index (χ1n) is 8.15. The molecule has 7 nitrogen and oxygen atoms in total. The van der Waals surface area contributed by atoms with Gasteiger partial charge in [-0.1, -0.05) is 17.3 Å². The highest BCUT2D eigenvalue weighted by atomic mass is 32.1. The van der Waals surface area contributed by atoms with Crippen LogP contribution in [0.2, 0.25) is 0 Å². The summed E-state index contributed by atoms with van der Waals surface area (Å²) < 4.78 is 10.7. The topological polar surface area (TPSA) is 67.5 Å².